The second-order valence-electron chi connectivity index (χ2n) is 2.54. The molecule has 0 amide bonds. The van der Waals surface area contributed by atoms with Crippen molar-refractivity contribution in [3.63, 3.8) is 0 Å². The normalized spacial score (nSPS) is 16.7. The third kappa shape index (κ3) is 3.23. The first-order valence-corrected chi connectivity index (χ1v) is 3.93. The lowest BCUT2D eigenvalue weighted by atomic mass is 10.1. The van der Waals surface area contributed by atoms with Crippen molar-refractivity contribution in [2.24, 2.45) is 5.73 Å². The van der Waals surface area contributed by atoms with Gasteiger partial charge in [0.1, 0.15) is 0 Å². The molecule has 0 saturated carbocycles. The molecule has 0 spiro atoms. The SMILES string of the molecule is C/C=C\C(=C(\O)CC)C(C)N. The molecule has 1 unspecified atom stereocenters. The summed E-state index contributed by atoms with van der Waals surface area (Å²) in [4.78, 5) is 0. The second kappa shape index (κ2) is 4.97. The smallest absolute Gasteiger partial charge is 0.0967 e. The molecule has 2 heteroatoms. The maximum atomic E-state index is 9.37. The summed E-state index contributed by atoms with van der Waals surface area (Å²) < 4.78 is 0. The van der Waals surface area contributed by atoms with Crippen molar-refractivity contribution in [1.29, 1.82) is 0 Å². The summed E-state index contributed by atoms with van der Waals surface area (Å²) in [6.45, 7) is 5.67. The highest BCUT2D eigenvalue weighted by Crippen LogP contribution is 2.09. The van der Waals surface area contributed by atoms with Gasteiger partial charge in [0.05, 0.1) is 5.76 Å². The number of aliphatic hydroxyl groups is 1. The standard InChI is InChI=1S/C9H17NO/c1-4-6-8(7(3)10)9(11)5-2/h4,6-7,11H,5,10H2,1-3H3/b6-4-,9-8-. The minimum absolute atomic E-state index is 0.0915. The van der Waals surface area contributed by atoms with E-state index in [2.05, 4.69) is 0 Å². The molecular formula is C9H17NO. The molecule has 0 aromatic heterocycles. The van der Waals surface area contributed by atoms with E-state index >= 15 is 0 Å². The summed E-state index contributed by atoms with van der Waals surface area (Å²) in [5.41, 5.74) is 6.46. The first-order valence-electron chi connectivity index (χ1n) is 3.93. The van der Waals surface area contributed by atoms with E-state index in [0.717, 1.165) is 5.57 Å². The van der Waals surface area contributed by atoms with Crippen molar-refractivity contribution in [2.45, 2.75) is 33.2 Å². The lowest BCUT2D eigenvalue weighted by Crippen LogP contribution is -2.18. The molecule has 2 nitrogen and oxygen atoms in total. The predicted molar refractivity (Wildman–Crippen MR) is 48.4 cm³/mol. The van der Waals surface area contributed by atoms with E-state index in [1.54, 1.807) is 0 Å². The van der Waals surface area contributed by atoms with Crippen LogP contribution in [0.4, 0.5) is 0 Å². The van der Waals surface area contributed by atoms with Crippen LogP contribution in [0.25, 0.3) is 0 Å². The molecule has 0 bridgehead atoms. The van der Waals surface area contributed by atoms with Crippen LogP contribution in [0.1, 0.15) is 27.2 Å². The summed E-state index contributed by atoms with van der Waals surface area (Å²) in [5, 5.41) is 9.37. The summed E-state index contributed by atoms with van der Waals surface area (Å²) >= 11 is 0. The van der Waals surface area contributed by atoms with Crippen molar-refractivity contribution in [3.8, 4) is 0 Å². The minimum Gasteiger partial charge on any atom is -0.512 e. The van der Waals surface area contributed by atoms with Gasteiger partial charge in [-0.2, -0.15) is 0 Å². The van der Waals surface area contributed by atoms with Crippen molar-refractivity contribution in [2.75, 3.05) is 0 Å². The number of aliphatic hydroxyl groups excluding tert-OH is 1. The Labute approximate surface area is 68.4 Å². The maximum absolute atomic E-state index is 9.37. The first-order chi connectivity index (χ1) is 5.13. The number of hydrogen-bond acceptors (Lipinski definition) is 2. The van der Waals surface area contributed by atoms with Crippen LogP contribution in [0, 0.1) is 0 Å². The Hall–Kier alpha value is -0.760. The van der Waals surface area contributed by atoms with Crippen molar-refractivity contribution >= 4 is 0 Å². The lowest BCUT2D eigenvalue weighted by molar-refractivity contribution is 0.385. The molecule has 0 aromatic carbocycles. The van der Waals surface area contributed by atoms with E-state index in [0.29, 0.717) is 12.2 Å². The van der Waals surface area contributed by atoms with Crippen LogP contribution in [0.5, 0.6) is 0 Å². The van der Waals surface area contributed by atoms with Gasteiger partial charge in [-0.1, -0.05) is 19.1 Å². The number of allylic oxidation sites excluding steroid dienone is 2. The molecule has 3 N–H and O–H groups in total. The van der Waals surface area contributed by atoms with Crippen molar-refractivity contribution in [1.82, 2.24) is 0 Å². The monoisotopic (exact) mass is 155 g/mol. The van der Waals surface area contributed by atoms with Crippen LogP contribution in [0.3, 0.4) is 0 Å². The number of hydrogen-bond donors (Lipinski definition) is 2. The summed E-state index contributed by atoms with van der Waals surface area (Å²) in [6.07, 6.45) is 4.37. The molecule has 0 radical (unpaired) electrons. The van der Waals surface area contributed by atoms with Gasteiger partial charge in [0, 0.05) is 18.0 Å². The molecule has 0 rings (SSSR count). The minimum atomic E-state index is -0.0915. The molecule has 64 valence electrons. The van der Waals surface area contributed by atoms with Gasteiger partial charge in [-0.15, -0.1) is 0 Å². The van der Waals surface area contributed by atoms with E-state index in [9.17, 15) is 5.11 Å². The van der Waals surface area contributed by atoms with E-state index in [-0.39, 0.29) is 6.04 Å². The van der Waals surface area contributed by atoms with Crippen LogP contribution in [0.15, 0.2) is 23.5 Å². The van der Waals surface area contributed by atoms with Gasteiger partial charge in [-0.25, -0.2) is 0 Å². The number of rotatable bonds is 3. The highest BCUT2D eigenvalue weighted by atomic mass is 16.3. The highest BCUT2D eigenvalue weighted by Gasteiger charge is 2.04. The van der Waals surface area contributed by atoms with E-state index in [4.69, 9.17) is 5.73 Å². The lowest BCUT2D eigenvalue weighted by Gasteiger charge is -2.08. The van der Waals surface area contributed by atoms with Gasteiger partial charge >= 0.3 is 0 Å². The molecule has 0 aliphatic carbocycles. The Morgan fingerprint density at radius 1 is 1.64 bits per heavy atom. The highest BCUT2D eigenvalue weighted by molar-refractivity contribution is 5.25. The van der Waals surface area contributed by atoms with E-state index in [1.165, 1.54) is 0 Å². The number of nitrogens with two attached hydrogens (primary N) is 1. The van der Waals surface area contributed by atoms with Crippen molar-refractivity contribution in [3.05, 3.63) is 23.5 Å². The fraction of sp³-hybridized carbons (Fsp3) is 0.556. The zero-order valence-electron chi connectivity index (χ0n) is 7.46. The zero-order valence-corrected chi connectivity index (χ0v) is 7.46. The molecular weight excluding hydrogens is 138 g/mol. The fourth-order valence-electron chi connectivity index (χ4n) is 0.894. The third-order valence-electron chi connectivity index (χ3n) is 1.50. The predicted octanol–water partition coefficient (Wildman–Crippen LogP) is 2.13. The Kier molecular flexibility index (Phi) is 4.62. The molecule has 0 heterocycles. The average Bonchev–Trinajstić information content (AvgIpc) is 1.98. The Morgan fingerprint density at radius 2 is 2.18 bits per heavy atom. The topological polar surface area (TPSA) is 46.2 Å². The molecule has 0 aromatic rings. The average molecular weight is 155 g/mol. The van der Waals surface area contributed by atoms with E-state index in [1.807, 2.05) is 32.9 Å². The fourth-order valence-corrected chi connectivity index (χ4v) is 0.894. The van der Waals surface area contributed by atoms with Gasteiger partial charge in [0.15, 0.2) is 0 Å². The van der Waals surface area contributed by atoms with E-state index < -0.39 is 0 Å². The quantitative estimate of drug-likeness (QED) is 0.484. The first kappa shape index (κ1) is 10.2. The van der Waals surface area contributed by atoms with Gasteiger partial charge in [0.25, 0.3) is 0 Å². The molecule has 0 aliphatic heterocycles. The molecule has 0 saturated heterocycles. The molecule has 11 heavy (non-hydrogen) atoms. The van der Waals surface area contributed by atoms with Crippen LogP contribution < -0.4 is 5.73 Å². The third-order valence-corrected chi connectivity index (χ3v) is 1.50. The van der Waals surface area contributed by atoms with Crippen molar-refractivity contribution < 1.29 is 5.11 Å². The Balaban J connectivity index is 4.57. The van der Waals surface area contributed by atoms with Gasteiger partial charge in [-0.05, 0) is 13.8 Å². The van der Waals surface area contributed by atoms with Gasteiger partial charge in [0.2, 0.25) is 0 Å². The van der Waals surface area contributed by atoms with Gasteiger partial charge in [-0.3, -0.25) is 0 Å². The largest absolute Gasteiger partial charge is 0.512 e. The second-order valence-corrected chi connectivity index (χ2v) is 2.54. The maximum Gasteiger partial charge on any atom is 0.0967 e. The van der Waals surface area contributed by atoms with Crippen LogP contribution in [-0.4, -0.2) is 11.1 Å². The summed E-state index contributed by atoms with van der Waals surface area (Å²) in [6, 6.07) is -0.0915. The summed E-state index contributed by atoms with van der Waals surface area (Å²) in [5.74, 6) is 0.387. The zero-order chi connectivity index (χ0) is 8.85. The summed E-state index contributed by atoms with van der Waals surface area (Å²) in [7, 11) is 0. The van der Waals surface area contributed by atoms with Crippen LogP contribution >= 0.6 is 0 Å². The molecule has 0 aliphatic rings. The van der Waals surface area contributed by atoms with Crippen LogP contribution in [0.2, 0.25) is 0 Å². The molecule has 0 fully saturated rings. The van der Waals surface area contributed by atoms with Crippen LogP contribution in [-0.2, 0) is 0 Å². The Morgan fingerprint density at radius 3 is 2.45 bits per heavy atom. The molecule has 1 atom stereocenters. The Bertz CT molecular complexity index is 168. The van der Waals surface area contributed by atoms with Gasteiger partial charge < -0.3 is 10.8 Å².